The zero-order valence-electron chi connectivity index (χ0n) is 17.9. The van der Waals surface area contributed by atoms with E-state index in [0.29, 0.717) is 43.5 Å². The van der Waals surface area contributed by atoms with Gasteiger partial charge >= 0.3 is 0 Å². The third kappa shape index (κ3) is 8.07. The van der Waals surface area contributed by atoms with Crippen LogP contribution in [0.1, 0.15) is 39.2 Å². The van der Waals surface area contributed by atoms with Crippen LogP contribution in [0.4, 0.5) is 0 Å². The SMILES string of the molecule is CC(C)CNC(=O)C(C)N(Cc1ccc(Cl)cc1)C(=O)CCCOc1ccccc1. The highest BCUT2D eigenvalue weighted by atomic mass is 35.5. The molecule has 2 amide bonds. The Labute approximate surface area is 184 Å². The van der Waals surface area contributed by atoms with Crippen LogP contribution in [-0.2, 0) is 16.1 Å². The summed E-state index contributed by atoms with van der Waals surface area (Å²) in [5.41, 5.74) is 0.928. The lowest BCUT2D eigenvalue weighted by Crippen LogP contribution is -2.48. The maximum absolute atomic E-state index is 13.0. The molecule has 0 radical (unpaired) electrons. The molecular weight excluding hydrogens is 400 g/mol. The first kappa shape index (κ1) is 23.7. The van der Waals surface area contributed by atoms with Crippen LogP contribution < -0.4 is 10.1 Å². The number of nitrogens with one attached hydrogen (secondary N) is 1. The largest absolute Gasteiger partial charge is 0.494 e. The van der Waals surface area contributed by atoms with Crippen LogP contribution in [0.2, 0.25) is 5.02 Å². The van der Waals surface area contributed by atoms with E-state index in [-0.39, 0.29) is 11.8 Å². The van der Waals surface area contributed by atoms with Gasteiger partial charge in [0.1, 0.15) is 11.8 Å². The smallest absolute Gasteiger partial charge is 0.242 e. The number of carbonyl (C=O) groups excluding carboxylic acids is 2. The highest BCUT2D eigenvalue weighted by Crippen LogP contribution is 2.15. The molecule has 0 aromatic heterocycles. The van der Waals surface area contributed by atoms with Gasteiger partial charge in [-0.25, -0.2) is 0 Å². The van der Waals surface area contributed by atoms with E-state index in [2.05, 4.69) is 5.32 Å². The standard InChI is InChI=1S/C24H31ClN2O3/c1-18(2)16-26-24(29)19(3)27(17-20-11-13-21(25)14-12-20)23(28)10-7-15-30-22-8-5-4-6-9-22/h4-6,8-9,11-14,18-19H,7,10,15-17H2,1-3H3,(H,26,29). The van der Waals surface area contributed by atoms with Gasteiger partial charge in [0.05, 0.1) is 6.61 Å². The van der Waals surface area contributed by atoms with Crippen molar-refractivity contribution in [2.75, 3.05) is 13.2 Å². The highest BCUT2D eigenvalue weighted by molar-refractivity contribution is 6.30. The number of rotatable bonds is 11. The molecule has 1 atom stereocenters. The lowest BCUT2D eigenvalue weighted by atomic mass is 10.1. The molecule has 30 heavy (non-hydrogen) atoms. The Kier molecular flexibility index (Phi) is 9.68. The highest BCUT2D eigenvalue weighted by Gasteiger charge is 2.25. The van der Waals surface area contributed by atoms with E-state index >= 15 is 0 Å². The fourth-order valence-electron chi connectivity index (χ4n) is 2.90. The second-order valence-electron chi connectivity index (χ2n) is 7.73. The minimum atomic E-state index is -0.568. The molecule has 0 bridgehead atoms. The number of benzene rings is 2. The summed E-state index contributed by atoms with van der Waals surface area (Å²) in [4.78, 5) is 27.2. The minimum absolute atomic E-state index is 0.0752. The van der Waals surface area contributed by atoms with Crippen LogP contribution >= 0.6 is 11.6 Å². The number of hydrogen-bond donors (Lipinski definition) is 1. The molecule has 0 aliphatic carbocycles. The summed E-state index contributed by atoms with van der Waals surface area (Å²) < 4.78 is 5.68. The van der Waals surface area contributed by atoms with Crippen molar-refractivity contribution in [3.8, 4) is 5.75 Å². The summed E-state index contributed by atoms with van der Waals surface area (Å²) in [5, 5.41) is 3.56. The van der Waals surface area contributed by atoms with Gasteiger partial charge in [0.2, 0.25) is 11.8 Å². The first-order chi connectivity index (χ1) is 14.4. The van der Waals surface area contributed by atoms with Gasteiger partial charge in [0, 0.05) is 24.5 Å². The topological polar surface area (TPSA) is 58.6 Å². The Morgan fingerprint density at radius 2 is 1.70 bits per heavy atom. The number of para-hydroxylation sites is 1. The Balaban J connectivity index is 1.98. The Hall–Kier alpha value is -2.53. The summed E-state index contributed by atoms with van der Waals surface area (Å²) in [6.07, 6.45) is 0.882. The van der Waals surface area contributed by atoms with Gasteiger partial charge in [-0.05, 0) is 49.1 Å². The number of halogens is 1. The Bertz CT molecular complexity index is 794. The monoisotopic (exact) mass is 430 g/mol. The van der Waals surface area contributed by atoms with Gasteiger partial charge in [0.15, 0.2) is 0 Å². The first-order valence-electron chi connectivity index (χ1n) is 10.4. The average molecular weight is 431 g/mol. The van der Waals surface area contributed by atoms with Crippen molar-refractivity contribution in [2.45, 2.75) is 46.2 Å². The first-order valence-corrected chi connectivity index (χ1v) is 10.7. The third-order valence-electron chi connectivity index (χ3n) is 4.66. The molecule has 1 unspecified atom stereocenters. The van der Waals surface area contributed by atoms with Gasteiger partial charge in [-0.2, -0.15) is 0 Å². The fraction of sp³-hybridized carbons (Fsp3) is 0.417. The van der Waals surface area contributed by atoms with E-state index in [0.717, 1.165) is 11.3 Å². The molecule has 162 valence electrons. The molecule has 2 aromatic rings. The minimum Gasteiger partial charge on any atom is -0.494 e. The molecule has 0 fully saturated rings. The molecule has 2 rings (SSSR count). The zero-order valence-corrected chi connectivity index (χ0v) is 18.7. The van der Waals surface area contributed by atoms with Crippen molar-refractivity contribution in [1.29, 1.82) is 0 Å². The molecular formula is C24H31ClN2O3. The van der Waals surface area contributed by atoms with E-state index in [1.807, 2.05) is 56.3 Å². The van der Waals surface area contributed by atoms with Crippen LogP contribution in [0.25, 0.3) is 0 Å². The Morgan fingerprint density at radius 3 is 2.33 bits per heavy atom. The normalized spacial score (nSPS) is 11.8. The van der Waals surface area contributed by atoms with Gasteiger partial charge in [0.25, 0.3) is 0 Å². The molecule has 2 aromatic carbocycles. The number of nitrogens with zero attached hydrogens (tertiary/aromatic N) is 1. The maximum Gasteiger partial charge on any atom is 0.242 e. The van der Waals surface area contributed by atoms with E-state index < -0.39 is 6.04 Å². The Morgan fingerprint density at radius 1 is 1.03 bits per heavy atom. The van der Waals surface area contributed by atoms with Crippen LogP contribution in [-0.4, -0.2) is 35.9 Å². The van der Waals surface area contributed by atoms with Crippen LogP contribution in [0.5, 0.6) is 5.75 Å². The van der Waals surface area contributed by atoms with E-state index in [1.54, 1.807) is 24.0 Å². The molecule has 1 N–H and O–H groups in total. The fourth-order valence-corrected chi connectivity index (χ4v) is 3.02. The van der Waals surface area contributed by atoms with Crippen molar-refractivity contribution in [2.24, 2.45) is 5.92 Å². The molecule has 0 saturated carbocycles. The van der Waals surface area contributed by atoms with Crippen molar-refractivity contribution in [3.63, 3.8) is 0 Å². The number of hydrogen-bond acceptors (Lipinski definition) is 3. The summed E-state index contributed by atoms with van der Waals surface area (Å²) in [6.45, 7) is 7.22. The van der Waals surface area contributed by atoms with Gasteiger partial charge in [-0.1, -0.05) is 55.8 Å². The molecule has 0 spiro atoms. The van der Waals surface area contributed by atoms with Gasteiger partial charge in [-0.15, -0.1) is 0 Å². The van der Waals surface area contributed by atoms with Crippen LogP contribution in [0.3, 0.4) is 0 Å². The third-order valence-corrected chi connectivity index (χ3v) is 4.92. The summed E-state index contributed by atoms with van der Waals surface area (Å²) >= 11 is 5.97. The maximum atomic E-state index is 13.0. The van der Waals surface area contributed by atoms with Crippen molar-refractivity contribution < 1.29 is 14.3 Å². The lowest BCUT2D eigenvalue weighted by molar-refractivity contribution is -0.140. The van der Waals surface area contributed by atoms with Crippen LogP contribution in [0.15, 0.2) is 54.6 Å². The van der Waals surface area contributed by atoms with E-state index in [4.69, 9.17) is 16.3 Å². The molecule has 0 aliphatic rings. The molecule has 5 nitrogen and oxygen atoms in total. The zero-order chi connectivity index (χ0) is 21.9. The quantitative estimate of drug-likeness (QED) is 0.526. The molecule has 0 aliphatic heterocycles. The molecule has 6 heteroatoms. The van der Waals surface area contributed by atoms with E-state index in [9.17, 15) is 9.59 Å². The molecule has 0 heterocycles. The average Bonchev–Trinajstić information content (AvgIpc) is 2.74. The lowest BCUT2D eigenvalue weighted by Gasteiger charge is -2.29. The summed E-state index contributed by atoms with van der Waals surface area (Å²) in [7, 11) is 0. The second kappa shape index (κ2) is 12.2. The van der Waals surface area contributed by atoms with Crippen LogP contribution in [0, 0.1) is 5.92 Å². The number of ether oxygens (including phenoxy) is 1. The van der Waals surface area contributed by atoms with Gasteiger partial charge in [-0.3, -0.25) is 9.59 Å². The second-order valence-corrected chi connectivity index (χ2v) is 8.16. The summed E-state index contributed by atoms with van der Waals surface area (Å²) in [6, 6.07) is 16.3. The van der Waals surface area contributed by atoms with Crippen molar-refractivity contribution >= 4 is 23.4 Å². The number of amides is 2. The predicted octanol–water partition coefficient (Wildman–Crippen LogP) is 4.69. The van der Waals surface area contributed by atoms with Crippen molar-refractivity contribution in [1.82, 2.24) is 10.2 Å². The number of carbonyl (C=O) groups is 2. The molecule has 0 saturated heterocycles. The predicted molar refractivity (Wildman–Crippen MR) is 120 cm³/mol. The summed E-state index contributed by atoms with van der Waals surface area (Å²) in [5.74, 6) is 0.904. The van der Waals surface area contributed by atoms with Crippen molar-refractivity contribution in [3.05, 3.63) is 65.2 Å². The van der Waals surface area contributed by atoms with E-state index in [1.165, 1.54) is 0 Å². The van der Waals surface area contributed by atoms with Gasteiger partial charge < -0.3 is 15.0 Å².